The number of halogens is 1. The SMILES string of the molecule is C[C@@H](O)[C@H](N)c1nc(CSc2ccc(F)cc2)no1. The molecule has 0 saturated heterocycles. The van der Waals surface area contributed by atoms with Gasteiger partial charge < -0.3 is 15.4 Å². The van der Waals surface area contributed by atoms with Crippen LogP contribution in [0.25, 0.3) is 0 Å². The van der Waals surface area contributed by atoms with E-state index in [1.54, 1.807) is 19.1 Å². The summed E-state index contributed by atoms with van der Waals surface area (Å²) in [6, 6.07) is 5.48. The molecule has 2 atom stereocenters. The molecule has 0 aliphatic heterocycles. The Morgan fingerprint density at radius 2 is 2.11 bits per heavy atom. The maximum atomic E-state index is 12.7. The fraction of sp³-hybridized carbons (Fsp3) is 0.333. The van der Waals surface area contributed by atoms with E-state index in [2.05, 4.69) is 10.1 Å². The van der Waals surface area contributed by atoms with Crippen molar-refractivity contribution >= 4 is 11.8 Å². The number of aromatic nitrogens is 2. The Bertz CT molecular complexity index is 530. The summed E-state index contributed by atoms with van der Waals surface area (Å²) in [6.45, 7) is 1.56. The summed E-state index contributed by atoms with van der Waals surface area (Å²) in [7, 11) is 0. The van der Waals surface area contributed by atoms with Crippen LogP contribution in [-0.4, -0.2) is 21.4 Å². The predicted octanol–water partition coefficient (Wildman–Crippen LogP) is 1.88. The highest BCUT2D eigenvalue weighted by Crippen LogP contribution is 2.22. The molecule has 19 heavy (non-hydrogen) atoms. The summed E-state index contributed by atoms with van der Waals surface area (Å²) < 4.78 is 17.7. The number of rotatable bonds is 5. The third-order valence-corrected chi connectivity index (χ3v) is 3.48. The molecule has 0 spiro atoms. The van der Waals surface area contributed by atoms with Crippen molar-refractivity contribution in [3.05, 3.63) is 41.8 Å². The minimum absolute atomic E-state index is 0.213. The average Bonchev–Trinajstić information content (AvgIpc) is 2.86. The van der Waals surface area contributed by atoms with Crippen LogP contribution in [0.4, 0.5) is 4.39 Å². The molecule has 102 valence electrons. The molecule has 1 heterocycles. The third kappa shape index (κ3) is 3.76. The van der Waals surface area contributed by atoms with Gasteiger partial charge in [-0.2, -0.15) is 4.98 Å². The Hall–Kier alpha value is -1.44. The average molecular weight is 283 g/mol. The highest BCUT2D eigenvalue weighted by Gasteiger charge is 2.19. The fourth-order valence-electron chi connectivity index (χ4n) is 1.35. The topological polar surface area (TPSA) is 85.2 Å². The van der Waals surface area contributed by atoms with Gasteiger partial charge in [0.25, 0.3) is 0 Å². The molecule has 2 rings (SSSR count). The van der Waals surface area contributed by atoms with E-state index >= 15 is 0 Å². The second-order valence-corrected chi connectivity index (χ2v) is 5.11. The molecule has 0 amide bonds. The highest BCUT2D eigenvalue weighted by atomic mass is 32.2. The van der Waals surface area contributed by atoms with Crippen molar-refractivity contribution in [2.45, 2.75) is 29.7 Å². The first kappa shape index (κ1) is 14.0. The van der Waals surface area contributed by atoms with Crippen LogP contribution in [0.3, 0.4) is 0 Å². The van der Waals surface area contributed by atoms with Crippen LogP contribution >= 0.6 is 11.8 Å². The van der Waals surface area contributed by atoms with E-state index in [0.717, 1.165) is 4.90 Å². The number of aliphatic hydroxyl groups is 1. The van der Waals surface area contributed by atoms with E-state index in [4.69, 9.17) is 10.3 Å². The van der Waals surface area contributed by atoms with Crippen LogP contribution in [0.2, 0.25) is 0 Å². The van der Waals surface area contributed by atoms with Gasteiger partial charge in [-0.05, 0) is 31.2 Å². The summed E-state index contributed by atoms with van der Waals surface area (Å²) in [6.07, 6.45) is -0.752. The zero-order valence-corrected chi connectivity index (χ0v) is 11.1. The van der Waals surface area contributed by atoms with Crippen LogP contribution in [0.1, 0.15) is 24.7 Å². The molecule has 0 bridgehead atoms. The number of hydrogen-bond donors (Lipinski definition) is 2. The lowest BCUT2D eigenvalue weighted by atomic mass is 10.2. The van der Waals surface area contributed by atoms with E-state index in [1.807, 2.05) is 0 Å². The van der Waals surface area contributed by atoms with Crippen LogP contribution in [0.5, 0.6) is 0 Å². The molecule has 1 aromatic carbocycles. The van der Waals surface area contributed by atoms with Crippen molar-refractivity contribution < 1.29 is 14.0 Å². The monoisotopic (exact) mass is 283 g/mol. The third-order valence-electron chi connectivity index (χ3n) is 2.47. The van der Waals surface area contributed by atoms with Gasteiger partial charge in [0.15, 0.2) is 5.82 Å². The van der Waals surface area contributed by atoms with Gasteiger partial charge in [0, 0.05) is 4.90 Å². The van der Waals surface area contributed by atoms with Crippen molar-refractivity contribution in [3.8, 4) is 0 Å². The lowest BCUT2D eigenvalue weighted by Crippen LogP contribution is -2.23. The van der Waals surface area contributed by atoms with E-state index < -0.39 is 12.1 Å². The lowest BCUT2D eigenvalue weighted by molar-refractivity contribution is 0.146. The summed E-state index contributed by atoms with van der Waals surface area (Å²) in [5.74, 6) is 0.918. The zero-order valence-electron chi connectivity index (χ0n) is 10.3. The summed E-state index contributed by atoms with van der Waals surface area (Å²) >= 11 is 1.46. The summed E-state index contributed by atoms with van der Waals surface area (Å²) in [5.41, 5.74) is 5.68. The summed E-state index contributed by atoms with van der Waals surface area (Å²) in [5, 5.41) is 13.1. The van der Waals surface area contributed by atoms with E-state index in [0.29, 0.717) is 11.6 Å². The van der Waals surface area contributed by atoms with Crippen LogP contribution in [0, 0.1) is 5.82 Å². The predicted molar refractivity (Wildman–Crippen MR) is 68.9 cm³/mol. The summed E-state index contributed by atoms with van der Waals surface area (Å²) in [4.78, 5) is 5.02. The quantitative estimate of drug-likeness (QED) is 0.815. The van der Waals surface area contributed by atoms with Gasteiger partial charge in [-0.1, -0.05) is 5.16 Å². The minimum atomic E-state index is -0.752. The van der Waals surface area contributed by atoms with Gasteiger partial charge in [-0.25, -0.2) is 4.39 Å². The number of aliphatic hydroxyl groups excluding tert-OH is 1. The van der Waals surface area contributed by atoms with E-state index in [-0.39, 0.29) is 11.7 Å². The molecule has 0 unspecified atom stereocenters. The number of thioether (sulfide) groups is 1. The largest absolute Gasteiger partial charge is 0.391 e. The molecule has 7 heteroatoms. The molecule has 2 aromatic rings. The number of nitrogens with two attached hydrogens (primary N) is 1. The lowest BCUT2D eigenvalue weighted by Gasteiger charge is -2.08. The van der Waals surface area contributed by atoms with Crippen molar-refractivity contribution in [3.63, 3.8) is 0 Å². The smallest absolute Gasteiger partial charge is 0.246 e. The first-order valence-electron chi connectivity index (χ1n) is 5.71. The molecular formula is C12H14FN3O2S. The van der Waals surface area contributed by atoms with Crippen LogP contribution in [0.15, 0.2) is 33.7 Å². The standard InChI is InChI=1S/C12H14FN3O2S/c1-7(17)11(14)12-15-10(16-18-12)6-19-9-4-2-8(13)3-5-9/h2-5,7,11,17H,6,14H2,1H3/t7-,11+/m1/s1. The van der Waals surface area contributed by atoms with Gasteiger partial charge >= 0.3 is 0 Å². The van der Waals surface area contributed by atoms with Crippen molar-refractivity contribution in [1.29, 1.82) is 0 Å². The maximum absolute atomic E-state index is 12.7. The molecule has 0 saturated carbocycles. The molecule has 0 fully saturated rings. The first-order chi connectivity index (χ1) is 9.06. The van der Waals surface area contributed by atoms with Gasteiger partial charge in [-0.3, -0.25) is 0 Å². The van der Waals surface area contributed by atoms with Crippen molar-refractivity contribution in [1.82, 2.24) is 10.1 Å². The molecule has 5 nitrogen and oxygen atoms in total. The zero-order chi connectivity index (χ0) is 13.8. The first-order valence-corrected chi connectivity index (χ1v) is 6.69. The number of benzene rings is 1. The second kappa shape index (κ2) is 6.14. The normalized spacial score (nSPS) is 14.3. The fourth-order valence-corrected chi connectivity index (χ4v) is 2.09. The molecule has 0 radical (unpaired) electrons. The second-order valence-electron chi connectivity index (χ2n) is 4.06. The number of nitrogens with zero attached hydrogens (tertiary/aromatic N) is 2. The molecule has 0 aliphatic rings. The Morgan fingerprint density at radius 3 is 2.74 bits per heavy atom. The van der Waals surface area contributed by atoms with Crippen LogP contribution in [-0.2, 0) is 5.75 Å². The van der Waals surface area contributed by atoms with Crippen molar-refractivity contribution in [2.75, 3.05) is 0 Å². The van der Waals surface area contributed by atoms with Gasteiger partial charge in [-0.15, -0.1) is 11.8 Å². The van der Waals surface area contributed by atoms with Crippen LogP contribution < -0.4 is 5.73 Å². The molecule has 3 N–H and O–H groups in total. The highest BCUT2D eigenvalue weighted by molar-refractivity contribution is 7.98. The number of hydrogen-bond acceptors (Lipinski definition) is 6. The minimum Gasteiger partial charge on any atom is -0.391 e. The Morgan fingerprint density at radius 1 is 1.42 bits per heavy atom. The maximum Gasteiger partial charge on any atom is 0.246 e. The van der Waals surface area contributed by atoms with E-state index in [9.17, 15) is 9.50 Å². The molecule has 1 aromatic heterocycles. The molecule has 0 aliphatic carbocycles. The van der Waals surface area contributed by atoms with Gasteiger partial charge in [0.1, 0.15) is 11.9 Å². The Balaban J connectivity index is 1.95. The Labute approximate surface area is 114 Å². The Kier molecular flexibility index (Phi) is 4.52. The molecular weight excluding hydrogens is 269 g/mol. The van der Waals surface area contributed by atoms with Gasteiger partial charge in [0.05, 0.1) is 11.9 Å². The van der Waals surface area contributed by atoms with E-state index in [1.165, 1.54) is 23.9 Å². The van der Waals surface area contributed by atoms with Gasteiger partial charge in [0.2, 0.25) is 5.89 Å². The van der Waals surface area contributed by atoms with Crippen molar-refractivity contribution in [2.24, 2.45) is 5.73 Å².